The molecular weight excluding hydrogens is 257 g/mol. The van der Waals surface area contributed by atoms with Gasteiger partial charge < -0.3 is 10.6 Å². The molecule has 0 aromatic heterocycles. The molecule has 18 heavy (non-hydrogen) atoms. The maximum atomic E-state index is 13.6. The summed E-state index contributed by atoms with van der Waals surface area (Å²) in [6, 6.07) is 3.65. The molecule has 7 heteroatoms. The van der Waals surface area contributed by atoms with Crippen LogP contribution in [-0.4, -0.2) is 39.5 Å². The van der Waals surface area contributed by atoms with E-state index in [2.05, 4.69) is 4.72 Å². The van der Waals surface area contributed by atoms with Crippen LogP contribution in [0.4, 0.5) is 10.1 Å². The number of likely N-dealkylation sites (N-methyl/N-ethyl adjacent to an activating group) is 1. The highest BCUT2D eigenvalue weighted by molar-refractivity contribution is 7.89. The third kappa shape index (κ3) is 2.63. The van der Waals surface area contributed by atoms with Gasteiger partial charge in [-0.05, 0) is 32.1 Å². The van der Waals surface area contributed by atoms with E-state index in [0.29, 0.717) is 13.0 Å². The first-order chi connectivity index (χ1) is 8.40. The van der Waals surface area contributed by atoms with Crippen molar-refractivity contribution in [1.82, 2.24) is 9.62 Å². The van der Waals surface area contributed by atoms with Gasteiger partial charge in [-0.15, -0.1) is 0 Å². The highest BCUT2D eigenvalue weighted by Crippen LogP contribution is 2.22. The second-order valence-corrected chi connectivity index (χ2v) is 6.18. The molecule has 0 bridgehead atoms. The number of halogens is 1. The number of rotatable bonds is 3. The Morgan fingerprint density at radius 3 is 2.78 bits per heavy atom. The highest BCUT2D eigenvalue weighted by Gasteiger charge is 2.28. The van der Waals surface area contributed by atoms with Crippen LogP contribution in [0.15, 0.2) is 23.1 Å². The summed E-state index contributed by atoms with van der Waals surface area (Å²) >= 11 is 0. The van der Waals surface area contributed by atoms with E-state index in [0.717, 1.165) is 12.6 Å². The number of sulfonamides is 1. The monoisotopic (exact) mass is 273 g/mol. The molecule has 1 unspecified atom stereocenters. The lowest BCUT2D eigenvalue weighted by atomic mass is 10.3. The van der Waals surface area contributed by atoms with Gasteiger partial charge in [-0.25, -0.2) is 17.5 Å². The van der Waals surface area contributed by atoms with E-state index in [-0.39, 0.29) is 11.7 Å². The molecule has 1 aromatic rings. The van der Waals surface area contributed by atoms with Gasteiger partial charge in [-0.1, -0.05) is 6.07 Å². The van der Waals surface area contributed by atoms with E-state index in [1.165, 1.54) is 12.1 Å². The van der Waals surface area contributed by atoms with Crippen molar-refractivity contribution in [3.63, 3.8) is 0 Å². The highest BCUT2D eigenvalue weighted by atomic mass is 32.2. The number of nitrogens with zero attached hydrogens (tertiary/aromatic N) is 1. The van der Waals surface area contributed by atoms with Crippen molar-refractivity contribution in [1.29, 1.82) is 0 Å². The van der Waals surface area contributed by atoms with Crippen LogP contribution >= 0.6 is 0 Å². The van der Waals surface area contributed by atoms with E-state index in [9.17, 15) is 12.8 Å². The lowest BCUT2D eigenvalue weighted by molar-refractivity contribution is 0.407. The molecule has 5 nitrogen and oxygen atoms in total. The molecule has 0 spiro atoms. The summed E-state index contributed by atoms with van der Waals surface area (Å²) in [4.78, 5) is 1.55. The minimum absolute atomic E-state index is 0.0751. The molecule has 1 saturated heterocycles. The number of anilines is 1. The zero-order valence-electron chi connectivity index (χ0n) is 10.1. The molecule has 100 valence electrons. The SMILES string of the molecule is CN1CCC(NS(=O)(=O)c2c(N)cccc2F)C1. The molecule has 1 atom stereocenters. The van der Waals surface area contributed by atoms with E-state index in [1.807, 2.05) is 11.9 Å². The summed E-state index contributed by atoms with van der Waals surface area (Å²) in [6.45, 7) is 1.44. The van der Waals surface area contributed by atoms with Gasteiger partial charge in [0.1, 0.15) is 10.7 Å². The molecule has 3 N–H and O–H groups in total. The number of nitrogen functional groups attached to an aromatic ring is 1. The van der Waals surface area contributed by atoms with Crippen LogP contribution < -0.4 is 10.5 Å². The topological polar surface area (TPSA) is 75.4 Å². The average Bonchev–Trinajstić information content (AvgIpc) is 2.62. The van der Waals surface area contributed by atoms with Crippen molar-refractivity contribution in [3.8, 4) is 0 Å². The van der Waals surface area contributed by atoms with Gasteiger partial charge in [0.05, 0.1) is 5.69 Å². The summed E-state index contributed by atoms with van der Waals surface area (Å²) in [5, 5.41) is 0. The standard InChI is InChI=1S/C11H16FN3O2S/c1-15-6-5-8(7-15)14-18(16,17)11-9(12)3-2-4-10(11)13/h2-4,8,14H,5-7,13H2,1H3. The van der Waals surface area contributed by atoms with E-state index < -0.39 is 20.7 Å². The first-order valence-electron chi connectivity index (χ1n) is 5.65. The van der Waals surface area contributed by atoms with Crippen LogP contribution in [0.2, 0.25) is 0 Å². The smallest absolute Gasteiger partial charge is 0.245 e. The third-order valence-corrected chi connectivity index (χ3v) is 4.59. The third-order valence-electron chi connectivity index (χ3n) is 2.98. The largest absolute Gasteiger partial charge is 0.398 e. The maximum absolute atomic E-state index is 13.6. The molecular formula is C11H16FN3O2S. The van der Waals surface area contributed by atoms with Crippen molar-refractivity contribution in [3.05, 3.63) is 24.0 Å². The fraction of sp³-hybridized carbons (Fsp3) is 0.455. The van der Waals surface area contributed by atoms with Gasteiger partial charge in [-0.2, -0.15) is 0 Å². The van der Waals surface area contributed by atoms with E-state index in [1.54, 1.807) is 0 Å². The zero-order valence-corrected chi connectivity index (χ0v) is 10.9. The zero-order chi connectivity index (χ0) is 13.3. The minimum Gasteiger partial charge on any atom is -0.398 e. The molecule has 1 heterocycles. The predicted molar refractivity (Wildman–Crippen MR) is 67.0 cm³/mol. The maximum Gasteiger partial charge on any atom is 0.245 e. The van der Waals surface area contributed by atoms with Gasteiger partial charge in [0.15, 0.2) is 0 Å². The minimum atomic E-state index is -3.91. The van der Waals surface area contributed by atoms with Crippen molar-refractivity contribution < 1.29 is 12.8 Å². The lowest BCUT2D eigenvalue weighted by Crippen LogP contribution is -2.37. The van der Waals surface area contributed by atoms with Crippen LogP contribution in [0.5, 0.6) is 0 Å². The molecule has 1 aromatic carbocycles. The van der Waals surface area contributed by atoms with Crippen molar-refractivity contribution in [2.45, 2.75) is 17.4 Å². The average molecular weight is 273 g/mol. The Morgan fingerprint density at radius 2 is 2.22 bits per heavy atom. The molecule has 0 amide bonds. The Balaban J connectivity index is 2.26. The first kappa shape index (κ1) is 13.3. The summed E-state index contributed by atoms with van der Waals surface area (Å²) < 4.78 is 40.3. The fourth-order valence-corrected chi connectivity index (χ4v) is 3.57. The quantitative estimate of drug-likeness (QED) is 0.781. The molecule has 0 radical (unpaired) electrons. The second kappa shape index (κ2) is 4.83. The summed E-state index contributed by atoms with van der Waals surface area (Å²) in [5.74, 6) is -0.825. The van der Waals surface area contributed by atoms with Crippen LogP contribution in [-0.2, 0) is 10.0 Å². The second-order valence-electron chi connectivity index (χ2n) is 4.53. The number of hydrogen-bond donors (Lipinski definition) is 2. The molecule has 0 saturated carbocycles. The molecule has 0 aliphatic carbocycles. The first-order valence-corrected chi connectivity index (χ1v) is 7.13. The Kier molecular flexibility index (Phi) is 3.56. The van der Waals surface area contributed by atoms with Crippen molar-refractivity contribution in [2.24, 2.45) is 0 Å². The number of nitrogens with one attached hydrogen (secondary N) is 1. The number of benzene rings is 1. The Bertz CT molecular complexity index is 527. The van der Waals surface area contributed by atoms with Gasteiger partial charge >= 0.3 is 0 Å². The van der Waals surface area contributed by atoms with Crippen LogP contribution in [0, 0.1) is 5.82 Å². The Morgan fingerprint density at radius 1 is 1.50 bits per heavy atom. The molecule has 1 fully saturated rings. The van der Waals surface area contributed by atoms with Gasteiger partial charge in [0.25, 0.3) is 0 Å². The lowest BCUT2D eigenvalue weighted by Gasteiger charge is -2.14. The number of likely N-dealkylation sites (tertiary alicyclic amines) is 1. The van der Waals surface area contributed by atoms with Crippen molar-refractivity contribution in [2.75, 3.05) is 25.9 Å². The molecule has 2 rings (SSSR count). The van der Waals surface area contributed by atoms with Crippen LogP contribution in [0.1, 0.15) is 6.42 Å². The summed E-state index contributed by atoms with van der Waals surface area (Å²) in [5.41, 5.74) is 5.46. The molecule has 1 aliphatic heterocycles. The van der Waals surface area contributed by atoms with Crippen LogP contribution in [0.3, 0.4) is 0 Å². The van der Waals surface area contributed by atoms with Crippen LogP contribution in [0.25, 0.3) is 0 Å². The normalized spacial score (nSPS) is 21.3. The summed E-state index contributed by atoms with van der Waals surface area (Å²) in [6.07, 6.45) is 0.712. The number of hydrogen-bond acceptors (Lipinski definition) is 4. The Hall–Kier alpha value is -1.18. The van der Waals surface area contributed by atoms with E-state index in [4.69, 9.17) is 5.73 Å². The van der Waals surface area contributed by atoms with E-state index >= 15 is 0 Å². The van der Waals surface area contributed by atoms with Gasteiger partial charge in [-0.3, -0.25) is 0 Å². The fourth-order valence-electron chi connectivity index (χ4n) is 2.12. The van der Waals surface area contributed by atoms with Crippen molar-refractivity contribution >= 4 is 15.7 Å². The molecule has 1 aliphatic rings. The van der Waals surface area contributed by atoms with Gasteiger partial charge in [0.2, 0.25) is 10.0 Å². The predicted octanol–water partition coefficient (Wildman–Crippen LogP) is 0.390. The Labute approximate surface area is 106 Å². The summed E-state index contributed by atoms with van der Waals surface area (Å²) in [7, 11) is -2.00. The number of nitrogens with two attached hydrogens (primary N) is 1. The van der Waals surface area contributed by atoms with Gasteiger partial charge in [0, 0.05) is 12.6 Å².